The van der Waals surface area contributed by atoms with Crippen molar-refractivity contribution >= 4 is 81.5 Å². The lowest BCUT2D eigenvalue weighted by molar-refractivity contribution is -0.122. The third kappa shape index (κ3) is 5.03. The Hall–Kier alpha value is -2.32. The molecule has 0 aromatic heterocycles. The van der Waals surface area contributed by atoms with Crippen molar-refractivity contribution in [2.75, 3.05) is 16.8 Å². The summed E-state index contributed by atoms with van der Waals surface area (Å²) in [6.45, 7) is -0.547. The van der Waals surface area contributed by atoms with E-state index in [4.69, 9.17) is 51.1 Å². The van der Waals surface area contributed by atoms with Crippen LogP contribution in [0.3, 0.4) is 0 Å². The Kier molecular flexibility index (Phi) is 7.38. The van der Waals surface area contributed by atoms with E-state index in [9.17, 15) is 19.2 Å². The molecule has 1 N–H and O–H groups in total. The van der Waals surface area contributed by atoms with E-state index in [1.807, 2.05) is 0 Å². The molecule has 0 bridgehead atoms. The number of halogens is 4. The second-order valence-corrected chi connectivity index (χ2v) is 9.99. The quantitative estimate of drug-likeness (QED) is 0.329. The van der Waals surface area contributed by atoms with E-state index in [1.165, 1.54) is 36.4 Å². The van der Waals surface area contributed by atoms with Crippen LogP contribution in [-0.2, 0) is 19.1 Å². The molecule has 7 nitrogen and oxygen atoms in total. The van der Waals surface area contributed by atoms with Gasteiger partial charge >= 0.3 is 5.97 Å². The maximum Gasteiger partial charge on any atom is 0.338 e. The summed E-state index contributed by atoms with van der Waals surface area (Å²) in [5.74, 6) is -2.99. The van der Waals surface area contributed by atoms with Crippen molar-refractivity contribution in [1.29, 1.82) is 0 Å². The van der Waals surface area contributed by atoms with Crippen molar-refractivity contribution < 1.29 is 23.9 Å². The predicted octanol–water partition coefficient (Wildman–Crippen LogP) is 4.90. The van der Waals surface area contributed by atoms with Gasteiger partial charge in [-0.1, -0.05) is 23.2 Å². The van der Waals surface area contributed by atoms with Crippen LogP contribution in [0.1, 0.15) is 23.2 Å². The van der Waals surface area contributed by atoms with E-state index in [-0.39, 0.29) is 33.2 Å². The molecule has 2 aliphatic rings. The maximum atomic E-state index is 12.8. The van der Waals surface area contributed by atoms with Gasteiger partial charge < -0.3 is 10.1 Å². The Morgan fingerprint density at radius 3 is 2.12 bits per heavy atom. The lowest BCUT2D eigenvalue weighted by Gasteiger charge is -2.28. The zero-order valence-corrected chi connectivity index (χ0v) is 20.5. The zero-order chi connectivity index (χ0) is 24.6. The predicted molar refractivity (Wildman–Crippen MR) is 130 cm³/mol. The molecule has 2 aromatic carbocycles. The number of fused-ring (bicyclic) bond motifs is 1. The SMILES string of the molecule is O=C(COC(=O)c1ccc(N2C(=O)[C@H]3C[C@@H](Cl)[C@@H](Cl)C[C@H]3C2=O)cc1)Nc1cc(Cl)ccc1Cl. The van der Waals surface area contributed by atoms with Crippen molar-refractivity contribution in [2.24, 2.45) is 11.8 Å². The summed E-state index contributed by atoms with van der Waals surface area (Å²) in [7, 11) is 0. The Labute approximate surface area is 215 Å². The molecule has 34 heavy (non-hydrogen) atoms. The van der Waals surface area contributed by atoms with Gasteiger partial charge in [-0.15, -0.1) is 23.2 Å². The maximum absolute atomic E-state index is 12.8. The van der Waals surface area contributed by atoms with E-state index < -0.39 is 30.3 Å². The highest BCUT2D eigenvalue weighted by molar-refractivity contribution is 6.35. The molecule has 0 radical (unpaired) electrons. The summed E-state index contributed by atoms with van der Waals surface area (Å²) < 4.78 is 5.04. The van der Waals surface area contributed by atoms with Crippen LogP contribution in [0, 0.1) is 11.8 Å². The first-order chi connectivity index (χ1) is 16.2. The number of hydrogen-bond acceptors (Lipinski definition) is 5. The molecule has 1 heterocycles. The number of nitrogens with one attached hydrogen (secondary N) is 1. The van der Waals surface area contributed by atoms with Crippen molar-refractivity contribution in [3.8, 4) is 0 Å². The van der Waals surface area contributed by atoms with Gasteiger partial charge in [-0.05, 0) is 55.3 Å². The topological polar surface area (TPSA) is 92.8 Å². The number of rotatable bonds is 5. The number of carbonyl (C=O) groups is 4. The van der Waals surface area contributed by atoms with E-state index in [2.05, 4.69) is 5.32 Å². The summed E-state index contributed by atoms with van der Waals surface area (Å²) in [6.07, 6.45) is 0.683. The number of amides is 3. The number of ether oxygens (including phenoxy) is 1. The van der Waals surface area contributed by atoms with Crippen molar-refractivity contribution in [1.82, 2.24) is 0 Å². The highest BCUT2D eigenvalue weighted by Crippen LogP contribution is 2.43. The normalized spacial score (nSPS) is 24.1. The van der Waals surface area contributed by atoms with Gasteiger partial charge in [-0.3, -0.25) is 19.3 Å². The van der Waals surface area contributed by atoms with Crippen LogP contribution >= 0.6 is 46.4 Å². The van der Waals surface area contributed by atoms with Gasteiger partial charge in [0.25, 0.3) is 5.91 Å². The Bertz CT molecular complexity index is 1130. The summed E-state index contributed by atoms with van der Waals surface area (Å²) in [5.41, 5.74) is 0.781. The number of alkyl halides is 2. The second kappa shape index (κ2) is 10.1. The van der Waals surface area contributed by atoms with E-state index in [0.717, 1.165) is 4.90 Å². The molecular formula is C23H18Cl4N2O5. The molecule has 0 unspecified atom stereocenters. The van der Waals surface area contributed by atoms with E-state index in [0.29, 0.717) is 29.2 Å². The van der Waals surface area contributed by atoms with Crippen LogP contribution in [0.4, 0.5) is 11.4 Å². The van der Waals surface area contributed by atoms with Crippen molar-refractivity contribution in [2.45, 2.75) is 23.6 Å². The minimum absolute atomic E-state index is 0.149. The first kappa shape index (κ1) is 24.8. The van der Waals surface area contributed by atoms with Crippen LogP contribution in [0.15, 0.2) is 42.5 Å². The van der Waals surface area contributed by atoms with Crippen LogP contribution in [0.5, 0.6) is 0 Å². The Morgan fingerprint density at radius 2 is 1.53 bits per heavy atom. The first-order valence-corrected chi connectivity index (χ1v) is 12.0. The number of imide groups is 1. The molecule has 1 aliphatic heterocycles. The zero-order valence-electron chi connectivity index (χ0n) is 17.5. The number of benzene rings is 2. The molecule has 1 saturated carbocycles. The average molecular weight is 544 g/mol. The van der Waals surface area contributed by atoms with Crippen molar-refractivity contribution in [3.05, 3.63) is 58.1 Å². The van der Waals surface area contributed by atoms with Gasteiger partial charge in [0.2, 0.25) is 11.8 Å². The molecule has 4 rings (SSSR count). The third-order valence-corrected chi connectivity index (χ3v) is 7.47. The lowest BCUT2D eigenvalue weighted by atomic mass is 9.80. The fraction of sp³-hybridized carbons (Fsp3) is 0.304. The molecule has 4 atom stereocenters. The van der Waals surface area contributed by atoms with Gasteiger partial charge in [0, 0.05) is 5.02 Å². The third-order valence-electron chi connectivity index (χ3n) is 5.81. The number of anilines is 2. The molecule has 1 aliphatic carbocycles. The molecule has 11 heteroatoms. The van der Waals surface area contributed by atoms with Gasteiger partial charge in [0.1, 0.15) is 0 Å². The molecule has 178 valence electrons. The highest BCUT2D eigenvalue weighted by atomic mass is 35.5. The fourth-order valence-electron chi connectivity index (χ4n) is 4.09. The number of carbonyl (C=O) groups excluding carboxylic acids is 4. The van der Waals surface area contributed by atoms with Crippen molar-refractivity contribution in [3.63, 3.8) is 0 Å². The Morgan fingerprint density at radius 1 is 0.941 bits per heavy atom. The molecule has 2 aromatic rings. The monoisotopic (exact) mass is 542 g/mol. The van der Waals surface area contributed by atoms with Crippen LogP contribution in [-0.4, -0.2) is 41.1 Å². The molecule has 0 spiro atoms. The molecule has 2 fully saturated rings. The van der Waals surface area contributed by atoms with Crippen LogP contribution < -0.4 is 10.2 Å². The summed E-state index contributed by atoms with van der Waals surface area (Å²) >= 11 is 24.3. The highest BCUT2D eigenvalue weighted by Gasteiger charge is 2.52. The second-order valence-electron chi connectivity index (χ2n) is 8.02. The van der Waals surface area contributed by atoms with E-state index >= 15 is 0 Å². The Balaban J connectivity index is 1.37. The van der Waals surface area contributed by atoms with E-state index in [1.54, 1.807) is 6.07 Å². The molecule has 3 amide bonds. The smallest absolute Gasteiger partial charge is 0.338 e. The van der Waals surface area contributed by atoms with Crippen LogP contribution in [0.2, 0.25) is 10.0 Å². The largest absolute Gasteiger partial charge is 0.452 e. The summed E-state index contributed by atoms with van der Waals surface area (Å²) in [5, 5.41) is 2.44. The number of esters is 1. The minimum Gasteiger partial charge on any atom is -0.452 e. The summed E-state index contributed by atoms with van der Waals surface area (Å²) in [6, 6.07) is 10.4. The molecular weight excluding hydrogens is 526 g/mol. The van der Waals surface area contributed by atoms with Gasteiger partial charge in [-0.25, -0.2) is 4.79 Å². The standard InChI is InChI=1S/C23H18Cl4N2O5/c24-12-3-6-16(25)19(7-12)28-20(30)10-34-23(33)11-1-4-13(5-2-11)29-21(31)14-8-17(26)18(27)9-15(14)22(29)32/h1-7,14-15,17-18H,8-10H2,(H,28,30)/t14-,15+,17+,18-. The molecule has 1 saturated heterocycles. The van der Waals surface area contributed by atoms with Gasteiger partial charge in [0.15, 0.2) is 6.61 Å². The van der Waals surface area contributed by atoms with Gasteiger partial charge in [0.05, 0.1) is 44.6 Å². The number of hydrogen-bond donors (Lipinski definition) is 1. The van der Waals surface area contributed by atoms with Crippen LogP contribution in [0.25, 0.3) is 0 Å². The lowest BCUT2D eigenvalue weighted by Crippen LogP contribution is -2.34. The summed E-state index contributed by atoms with van der Waals surface area (Å²) in [4.78, 5) is 51.2. The fourth-order valence-corrected chi connectivity index (χ4v) is 5.02. The first-order valence-electron chi connectivity index (χ1n) is 10.3. The van der Waals surface area contributed by atoms with Gasteiger partial charge in [-0.2, -0.15) is 0 Å². The number of nitrogens with zero attached hydrogens (tertiary/aromatic N) is 1. The minimum atomic E-state index is -0.749. The average Bonchev–Trinajstić information content (AvgIpc) is 3.04.